The second-order valence-electron chi connectivity index (χ2n) is 6.12. The zero-order valence-corrected chi connectivity index (χ0v) is 13.4. The highest BCUT2D eigenvalue weighted by molar-refractivity contribution is 5.90. The fourth-order valence-electron chi connectivity index (χ4n) is 1.83. The minimum Gasteiger partial charge on any atom is -0.336 e. The van der Waals surface area contributed by atoms with Crippen LogP contribution in [0.1, 0.15) is 63.9 Å². The third-order valence-electron chi connectivity index (χ3n) is 3.30. The molecule has 1 heterocycles. The molecular weight excluding hydrogens is 252 g/mol. The van der Waals surface area contributed by atoms with Crippen molar-refractivity contribution in [3.8, 4) is 0 Å². The minimum absolute atomic E-state index is 0.0535. The summed E-state index contributed by atoms with van der Waals surface area (Å²) in [5, 5.41) is 6.85. The lowest BCUT2D eigenvalue weighted by Crippen LogP contribution is -2.34. The molecule has 0 spiro atoms. The predicted molar refractivity (Wildman–Crippen MR) is 80.6 cm³/mol. The third kappa shape index (κ3) is 5.31. The van der Waals surface area contributed by atoms with Gasteiger partial charge in [0.2, 0.25) is 5.82 Å². The van der Waals surface area contributed by atoms with Crippen molar-refractivity contribution in [2.75, 3.05) is 13.1 Å². The van der Waals surface area contributed by atoms with Crippen LogP contribution in [0.2, 0.25) is 0 Å². The van der Waals surface area contributed by atoms with Crippen LogP contribution in [0.5, 0.6) is 0 Å². The Balaban J connectivity index is 2.71. The van der Waals surface area contributed by atoms with Gasteiger partial charge in [-0.3, -0.25) is 9.89 Å². The van der Waals surface area contributed by atoms with Crippen LogP contribution in [-0.2, 0) is 6.42 Å². The number of hydrogen-bond donors (Lipinski definition) is 1. The number of H-pyrrole nitrogens is 1. The topological polar surface area (TPSA) is 61.9 Å². The Morgan fingerprint density at radius 3 is 2.10 bits per heavy atom. The van der Waals surface area contributed by atoms with Crippen LogP contribution in [0.3, 0.4) is 0 Å². The monoisotopic (exact) mass is 280 g/mol. The summed E-state index contributed by atoms with van der Waals surface area (Å²) in [5.41, 5.74) is 0. The number of hydrogen-bond acceptors (Lipinski definition) is 3. The van der Waals surface area contributed by atoms with Gasteiger partial charge in [-0.25, -0.2) is 4.98 Å². The number of rotatable bonds is 8. The molecule has 0 aliphatic carbocycles. The molecule has 114 valence electrons. The van der Waals surface area contributed by atoms with E-state index in [1.165, 1.54) is 0 Å². The van der Waals surface area contributed by atoms with Gasteiger partial charge in [-0.15, -0.1) is 5.10 Å². The van der Waals surface area contributed by atoms with Crippen LogP contribution < -0.4 is 0 Å². The van der Waals surface area contributed by atoms with Crippen molar-refractivity contribution in [1.29, 1.82) is 0 Å². The lowest BCUT2D eigenvalue weighted by molar-refractivity contribution is 0.0729. The van der Waals surface area contributed by atoms with Gasteiger partial charge in [-0.2, -0.15) is 0 Å². The molecule has 0 fully saturated rings. The van der Waals surface area contributed by atoms with Crippen molar-refractivity contribution in [1.82, 2.24) is 20.1 Å². The molecular formula is C15H28N4O. The Bertz CT molecular complexity index is 400. The number of nitrogens with one attached hydrogen (secondary N) is 1. The van der Waals surface area contributed by atoms with E-state index in [1.54, 1.807) is 0 Å². The molecule has 0 radical (unpaired) electrons. The molecule has 0 aliphatic rings. The molecule has 0 aromatic carbocycles. The van der Waals surface area contributed by atoms with Gasteiger partial charge in [-0.05, 0) is 24.7 Å². The maximum atomic E-state index is 12.5. The van der Waals surface area contributed by atoms with Crippen LogP contribution >= 0.6 is 0 Å². The quantitative estimate of drug-likeness (QED) is 0.796. The molecule has 1 rings (SSSR count). The number of aryl methyl sites for hydroxylation is 1. The maximum absolute atomic E-state index is 12.5. The van der Waals surface area contributed by atoms with E-state index in [4.69, 9.17) is 0 Å². The van der Waals surface area contributed by atoms with Crippen LogP contribution in [-0.4, -0.2) is 39.1 Å². The molecule has 1 N–H and O–H groups in total. The van der Waals surface area contributed by atoms with Gasteiger partial charge in [0, 0.05) is 19.5 Å². The first-order chi connectivity index (χ1) is 9.43. The molecule has 5 nitrogen and oxygen atoms in total. The Labute approximate surface area is 122 Å². The smallest absolute Gasteiger partial charge is 0.293 e. The molecule has 0 atom stereocenters. The van der Waals surface area contributed by atoms with Crippen molar-refractivity contribution in [3.63, 3.8) is 0 Å². The van der Waals surface area contributed by atoms with Gasteiger partial charge in [0.1, 0.15) is 5.82 Å². The Kier molecular flexibility index (Phi) is 6.68. The van der Waals surface area contributed by atoms with Gasteiger partial charge in [-0.1, -0.05) is 34.6 Å². The summed E-state index contributed by atoms with van der Waals surface area (Å²) < 4.78 is 0. The number of amides is 1. The van der Waals surface area contributed by atoms with E-state index in [0.29, 0.717) is 17.7 Å². The second-order valence-corrected chi connectivity index (χ2v) is 6.12. The zero-order valence-electron chi connectivity index (χ0n) is 13.4. The first-order valence-corrected chi connectivity index (χ1v) is 7.64. The average molecular weight is 280 g/mol. The van der Waals surface area contributed by atoms with Crippen molar-refractivity contribution in [2.45, 2.75) is 53.9 Å². The molecule has 1 aromatic rings. The molecule has 5 heteroatoms. The molecule has 1 amide bonds. The van der Waals surface area contributed by atoms with E-state index < -0.39 is 0 Å². The lowest BCUT2D eigenvalue weighted by atomic mass is 10.1. The summed E-state index contributed by atoms with van der Waals surface area (Å²) in [6.45, 7) is 12.2. The van der Waals surface area contributed by atoms with Crippen molar-refractivity contribution in [3.05, 3.63) is 11.6 Å². The summed E-state index contributed by atoms with van der Waals surface area (Å²) in [6, 6.07) is 0. The molecule has 0 unspecified atom stereocenters. The first-order valence-electron chi connectivity index (χ1n) is 7.64. The summed E-state index contributed by atoms with van der Waals surface area (Å²) >= 11 is 0. The Morgan fingerprint density at radius 2 is 1.70 bits per heavy atom. The number of nitrogens with zero attached hydrogens (tertiary/aromatic N) is 3. The normalized spacial score (nSPS) is 11.3. The van der Waals surface area contributed by atoms with Gasteiger partial charge in [0.05, 0.1) is 0 Å². The summed E-state index contributed by atoms with van der Waals surface area (Å²) in [4.78, 5) is 18.6. The molecule has 1 aromatic heterocycles. The van der Waals surface area contributed by atoms with Gasteiger partial charge in [0.25, 0.3) is 5.91 Å². The largest absolute Gasteiger partial charge is 0.336 e. The minimum atomic E-state index is -0.0535. The SMILES string of the molecule is CCc1nc(C(=O)N(CCC(C)C)CCC(C)C)n[nH]1. The van der Waals surface area contributed by atoms with Crippen molar-refractivity contribution >= 4 is 5.91 Å². The molecule has 20 heavy (non-hydrogen) atoms. The molecule has 0 saturated carbocycles. The van der Waals surface area contributed by atoms with Crippen LogP contribution in [0.25, 0.3) is 0 Å². The summed E-state index contributed by atoms with van der Waals surface area (Å²) in [6.07, 6.45) is 2.78. The second kappa shape index (κ2) is 8.02. The standard InChI is InChI=1S/C15H28N4O/c1-6-13-16-14(18-17-13)15(20)19(9-7-11(2)3)10-8-12(4)5/h11-12H,6-10H2,1-5H3,(H,16,17,18). The van der Waals surface area contributed by atoms with Crippen LogP contribution in [0.4, 0.5) is 0 Å². The highest BCUT2D eigenvalue weighted by Crippen LogP contribution is 2.09. The third-order valence-corrected chi connectivity index (χ3v) is 3.30. The van der Waals surface area contributed by atoms with E-state index in [0.717, 1.165) is 38.2 Å². The van der Waals surface area contributed by atoms with Crippen molar-refractivity contribution in [2.24, 2.45) is 11.8 Å². The number of aromatic amines is 1. The fraction of sp³-hybridized carbons (Fsp3) is 0.800. The van der Waals surface area contributed by atoms with E-state index >= 15 is 0 Å². The Hall–Kier alpha value is -1.39. The maximum Gasteiger partial charge on any atom is 0.293 e. The van der Waals surface area contributed by atoms with Gasteiger partial charge in [0.15, 0.2) is 0 Å². The first kappa shape index (κ1) is 16.7. The van der Waals surface area contributed by atoms with Crippen LogP contribution in [0, 0.1) is 11.8 Å². The van der Waals surface area contributed by atoms with E-state index in [9.17, 15) is 4.79 Å². The number of aromatic nitrogens is 3. The summed E-state index contributed by atoms with van der Waals surface area (Å²) in [5.74, 6) is 2.18. The average Bonchev–Trinajstić information content (AvgIpc) is 2.86. The number of carbonyl (C=O) groups is 1. The van der Waals surface area contributed by atoms with E-state index in [2.05, 4.69) is 42.9 Å². The molecule has 0 bridgehead atoms. The lowest BCUT2D eigenvalue weighted by Gasteiger charge is -2.23. The molecule has 0 saturated heterocycles. The highest BCUT2D eigenvalue weighted by atomic mass is 16.2. The fourth-order valence-corrected chi connectivity index (χ4v) is 1.83. The predicted octanol–water partition coefficient (Wildman–Crippen LogP) is 2.90. The highest BCUT2D eigenvalue weighted by Gasteiger charge is 2.20. The summed E-state index contributed by atoms with van der Waals surface area (Å²) in [7, 11) is 0. The van der Waals surface area contributed by atoms with E-state index in [-0.39, 0.29) is 5.91 Å². The Morgan fingerprint density at radius 1 is 1.15 bits per heavy atom. The van der Waals surface area contributed by atoms with Crippen molar-refractivity contribution < 1.29 is 4.79 Å². The molecule has 0 aliphatic heterocycles. The zero-order chi connectivity index (χ0) is 15.1. The van der Waals surface area contributed by atoms with Gasteiger partial charge >= 0.3 is 0 Å². The van der Waals surface area contributed by atoms with E-state index in [1.807, 2.05) is 11.8 Å². The van der Waals surface area contributed by atoms with Gasteiger partial charge < -0.3 is 4.90 Å². The number of carbonyl (C=O) groups excluding carboxylic acids is 1. The van der Waals surface area contributed by atoms with Crippen LogP contribution in [0.15, 0.2) is 0 Å².